The molecule has 2 aromatic rings. The number of rotatable bonds is 4. The van der Waals surface area contributed by atoms with Crippen LogP contribution in [0.3, 0.4) is 0 Å². The molecule has 21 heavy (non-hydrogen) atoms. The lowest BCUT2D eigenvalue weighted by molar-refractivity contribution is 0.211. The molecule has 0 saturated carbocycles. The number of halogens is 1. The number of hydrogen-bond donors (Lipinski definition) is 1. The van der Waals surface area contributed by atoms with Gasteiger partial charge in [0.25, 0.3) is 0 Å². The number of urea groups is 1. The first-order chi connectivity index (χ1) is 10.1. The molecule has 0 spiro atoms. The van der Waals surface area contributed by atoms with Crippen LogP contribution in [0.1, 0.15) is 11.1 Å². The van der Waals surface area contributed by atoms with Gasteiger partial charge in [-0.1, -0.05) is 58.4 Å². The molecular weight excluding hydrogens is 328 g/mol. The zero-order valence-electron chi connectivity index (χ0n) is 11.8. The van der Waals surface area contributed by atoms with Gasteiger partial charge >= 0.3 is 6.03 Å². The van der Waals surface area contributed by atoms with Gasteiger partial charge in [-0.05, 0) is 29.3 Å². The minimum absolute atomic E-state index is 0.134. The quantitative estimate of drug-likeness (QED) is 0.882. The van der Waals surface area contributed by atoms with Crippen molar-refractivity contribution in [3.8, 4) is 0 Å². The molecule has 4 heteroatoms. The molecule has 2 aromatic carbocycles. The molecule has 0 fully saturated rings. The van der Waals surface area contributed by atoms with Crippen molar-refractivity contribution in [3.05, 3.63) is 76.4 Å². The van der Waals surface area contributed by atoms with Crippen LogP contribution < -0.4 is 5.32 Å². The Balaban J connectivity index is 1.86. The molecule has 0 aromatic heterocycles. The van der Waals surface area contributed by atoms with Crippen LogP contribution in [0.15, 0.2) is 65.3 Å². The van der Waals surface area contributed by atoms with Gasteiger partial charge in [-0.2, -0.15) is 0 Å². The van der Waals surface area contributed by atoms with Gasteiger partial charge in [0.15, 0.2) is 0 Å². The van der Waals surface area contributed by atoms with Gasteiger partial charge in [-0.3, -0.25) is 0 Å². The Morgan fingerprint density at radius 3 is 2.67 bits per heavy atom. The molecule has 0 aliphatic carbocycles. The fraction of sp³-hybridized carbons (Fsp3) is 0.118. The normalized spacial score (nSPS) is 10.6. The smallest absolute Gasteiger partial charge is 0.321 e. The third-order valence-corrected chi connectivity index (χ3v) is 3.43. The summed E-state index contributed by atoms with van der Waals surface area (Å²) in [5.41, 5.74) is 2.13. The van der Waals surface area contributed by atoms with E-state index in [9.17, 15) is 4.79 Å². The van der Waals surface area contributed by atoms with Crippen molar-refractivity contribution in [2.24, 2.45) is 0 Å². The Bertz CT molecular complexity index is 626. The Labute approximate surface area is 133 Å². The molecule has 0 saturated heterocycles. The first kappa shape index (κ1) is 15.3. The van der Waals surface area contributed by atoms with E-state index in [2.05, 4.69) is 21.2 Å². The van der Waals surface area contributed by atoms with Crippen LogP contribution in [0, 0.1) is 0 Å². The number of benzene rings is 2. The first-order valence-corrected chi connectivity index (χ1v) is 7.42. The molecule has 1 N–H and O–H groups in total. The van der Waals surface area contributed by atoms with Gasteiger partial charge in [-0.15, -0.1) is 0 Å². The maximum Gasteiger partial charge on any atom is 0.321 e. The maximum atomic E-state index is 12.0. The van der Waals surface area contributed by atoms with Crippen LogP contribution in [0.2, 0.25) is 0 Å². The van der Waals surface area contributed by atoms with Gasteiger partial charge in [0.2, 0.25) is 0 Å². The summed E-state index contributed by atoms with van der Waals surface area (Å²) in [4.78, 5) is 13.6. The number of nitrogens with zero attached hydrogens (tertiary/aromatic N) is 1. The Hall–Kier alpha value is -2.07. The van der Waals surface area contributed by atoms with E-state index in [4.69, 9.17) is 0 Å². The van der Waals surface area contributed by atoms with Crippen LogP contribution in [0.25, 0.3) is 6.08 Å². The molecule has 108 valence electrons. The number of hydrogen-bond acceptors (Lipinski definition) is 1. The lowest BCUT2D eigenvalue weighted by Crippen LogP contribution is -2.33. The van der Waals surface area contributed by atoms with Gasteiger partial charge in [0.1, 0.15) is 0 Å². The second-order valence-electron chi connectivity index (χ2n) is 4.68. The summed E-state index contributed by atoms with van der Waals surface area (Å²) >= 11 is 3.41. The second-order valence-corrected chi connectivity index (χ2v) is 5.60. The predicted molar refractivity (Wildman–Crippen MR) is 89.6 cm³/mol. The minimum atomic E-state index is -0.134. The van der Waals surface area contributed by atoms with E-state index >= 15 is 0 Å². The summed E-state index contributed by atoms with van der Waals surface area (Å²) in [5.74, 6) is 0. The Kier molecular flexibility index (Phi) is 5.58. The molecule has 2 amide bonds. The van der Waals surface area contributed by atoms with E-state index in [1.54, 1.807) is 18.1 Å². The third-order valence-electron chi connectivity index (χ3n) is 2.94. The maximum absolute atomic E-state index is 12.0. The zero-order chi connectivity index (χ0) is 15.1. The summed E-state index contributed by atoms with van der Waals surface area (Å²) in [6.45, 7) is 0.581. The number of carbonyl (C=O) groups excluding carboxylic acids is 1. The standard InChI is InChI=1S/C17H17BrN2O/c1-20(13-15-6-3-2-4-7-15)17(21)19-11-10-14-8-5-9-16(18)12-14/h2-12H,13H2,1H3,(H,19,21)/b11-10+. The van der Waals surface area contributed by atoms with Crippen LogP contribution in [-0.4, -0.2) is 18.0 Å². The molecular formula is C17H17BrN2O. The number of carbonyl (C=O) groups is 1. The van der Waals surface area contributed by atoms with E-state index in [-0.39, 0.29) is 6.03 Å². The van der Waals surface area contributed by atoms with E-state index in [0.717, 1.165) is 15.6 Å². The van der Waals surface area contributed by atoms with E-state index in [1.165, 1.54) is 0 Å². The molecule has 0 radical (unpaired) electrons. The zero-order valence-corrected chi connectivity index (χ0v) is 13.4. The first-order valence-electron chi connectivity index (χ1n) is 6.63. The van der Waals surface area contributed by atoms with Crippen molar-refractivity contribution < 1.29 is 4.79 Å². The molecule has 0 bridgehead atoms. The van der Waals surface area contributed by atoms with Crippen molar-refractivity contribution in [1.82, 2.24) is 10.2 Å². The summed E-state index contributed by atoms with van der Waals surface area (Å²) < 4.78 is 1.01. The van der Waals surface area contributed by atoms with Crippen LogP contribution >= 0.6 is 15.9 Å². The van der Waals surface area contributed by atoms with Crippen molar-refractivity contribution in [3.63, 3.8) is 0 Å². The minimum Gasteiger partial charge on any atom is -0.323 e. The van der Waals surface area contributed by atoms with Crippen molar-refractivity contribution in [1.29, 1.82) is 0 Å². The van der Waals surface area contributed by atoms with Crippen molar-refractivity contribution in [2.45, 2.75) is 6.54 Å². The molecule has 3 nitrogen and oxygen atoms in total. The Morgan fingerprint density at radius 2 is 1.95 bits per heavy atom. The fourth-order valence-electron chi connectivity index (χ4n) is 1.86. The highest BCUT2D eigenvalue weighted by Crippen LogP contribution is 2.12. The third kappa shape index (κ3) is 5.08. The summed E-state index contributed by atoms with van der Waals surface area (Å²) in [7, 11) is 1.77. The largest absolute Gasteiger partial charge is 0.323 e. The van der Waals surface area contributed by atoms with Gasteiger partial charge in [0.05, 0.1) is 0 Å². The molecule has 0 atom stereocenters. The van der Waals surface area contributed by atoms with E-state index in [1.807, 2.05) is 60.7 Å². The van der Waals surface area contributed by atoms with Gasteiger partial charge in [-0.25, -0.2) is 4.79 Å². The molecule has 0 aliphatic heterocycles. The van der Waals surface area contributed by atoms with E-state index < -0.39 is 0 Å². The van der Waals surface area contributed by atoms with Gasteiger partial charge < -0.3 is 10.2 Å². The van der Waals surface area contributed by atoms with Gasteiger partial charge in [0, 0.05) is 24.3 Å². The van der Waals surface area contributed by atoms with E-state index in [0.29, 0.717) is 6.54 Å². The monoisotopic (exact) mass is 344 g/mol. The van der Waals surface area contributed by atoms with Crippen molar-refractivity contribution in [2.75, 3.05) is 7.05 Å². The number of amides is 2. The van der Waals surface area contributed by atoms with Crippen molar-refractivity contribution >= 4 is 28.0 Å². The average Bonchev–Trinajstić information content (AvgIpc) is 2.48. The highest BCUT2D eigenvalue weighted by molar-refractivity contribution is 9.10. The molecule has 0 unspecified atom stereocenters. The fourth-order valence-corrected chi connectivity index (χ4v) is 2.28. The molecule has 2 rings (SSSR count). The SMILES string of the molecule is CN(Cc1ccccc1)C(=O)N/C=C/c1cccc(Br)c1. The predicted octanol–water partition coefficient (Wildman–Crippen LogP) is 4.26. The molecule has 0 heterocycles. The Morgan fingerprint density at radius 1 is 1.19 bits per heavy atom. The summed E-state index contributed by atoms with van der Waals surface area (Å²) in [5, 5.41) is 2.76. The summed E-state index contributed by atoms with van der Waals surface area (Å²) in [6.07, 6.45) is 3.52. The topological polar surface area (TPSA) is 32.3 Å². The average molecular weight is 345 g/mol. The second kappa shape index (κ2) is 7.64. The molecule has 0 aliphatic rings. The number of nitrogens with one attached hydrogen (secondary N) is 1. The summed E-state index contributed by atoms with van der Waals surface area (Å²) in [6, 6.07) is 17.6. The van der Waals surface area contributed by atoms with Crippen LogP contribution in [0.5, 0.6) is 0 Å². The lowest BCUT2D eigenvalue weighted by atomic mass is 10.2. The lowest BCUT2D eigenvalue weighted by Gasteiger charge is -2.16. The highest BCUT2D eigenvalue weighted by atomic mass is 79.9. The van der Waals surface area contributed by atoms with Crippen LogP contribution in [-0.2, 0) is 6.54 Å². The van der Waals surface area contributed by atoms with Crippen LogP contribution in [0.4, 0.5) is 4.79 Å². The highest BCUT2D eigenvalue weighted by Gasteiger charge is 2.06.